The Bertz CT molecular complexity index is 455. The van der Waals surface area contributed by atoms with E-state index in [-0.39, 0.29) is 18.6 Å². The van der Waals surface area contributed by atoms with Gasteiger partial charge in [0.05, 0.1) is 24.3 Å². The number of ether oxygens (including phenoxy) is 1. The van der Waals surface area contributed by atoms with Crippen molar-refractivity contribution in [2.45, 2.75) is 6.10 Å². The highest BCUT2D eigenvalue weighted by molar-refractivity contribution is 14.1. The number of rotatable bonds is 2. The van der Waals surface area contributed by atoms with E-state index in [1.165, 1.54) is 0 Å². The molecule has 0 saturated carbocycles. The van der Waals surface area contributed by atoms with Gasteiger partial charge in [0.2, 0.25) is 0 Å². The molecule has 0 aromatic heterocycles. The van der Waals surface area contributed by atoms with Crippen LogP contribution >= 0.6 is 34.2 Å². The monoisotopic (exact) mass is 381 g/mol. The van der Waals surface area contributed by atoms with Crippen molar-refractivity contribution in [2.24, 2.45) is 0 Å². The van der Waals surface area contributed by atoms with E-state index in [2.05, 4.69) is 22.6 Å². The molecular weight excluding hydrogens is 368 g/mol. The Morgan fingerprint density at radius 3 is 3.06 bits per heavy atom. The van der Waals surface area contributed by atoms with E-state index in [9.17, 15) is 4.79 Å². The Labute approximate surface area is 124 Å². The van der Waals surface area contributed by atoms with Crippen molar-refractivity contribution in [1.82, 2.24) is 4.90 Å². The third-order valence-electron chi connectivity index (χ3n) is 2.80. The van der Waals surface area contributed by atoms with Crippen LogP contribution in [-0.2, 0) is 4.74 Å². The summed E-state index contributed by atoms with van der Waals surface area (Å²) in [5, 5.41) is 9.63. The first-order valence-electron chi connectivity index (χ1n) is 5.58. The standard InChI is InChI=1S/C12H13ClINO3/c13-10-5-8(1-2-11(10)14)12(17)15-3-4-18-9(6-15)7-16/h1-2,5,9,16H,3-4,6-7H2. The van der Waals surface area contributed by atoms with Crippen molar-refractivity contribution < 1.29 is 14.6 Å². The lowest BCUT2D eigenvalue weighted by atomic mass is 10.1. The largest absolute Gasteiger partial charge is 0.394 e. The lowest BCUT2D eigenvalue weighted by Gasteiger charge is -2.32. The number of nitrogens with zero attached hydrogens (tertiary/aromatic N) is 1. The summed E-state index contributed by atoms with van der Waals surface area (Å²) in [5.41, 5.74) is 0.569. The zero-order valence-corrected chi connectivity index (χ0v) is 12.5. The maximum atomic E-state index is 12.3. The Hall–Kier alpha value is -0.370. The third kappa shape index (κ3) is 3.14. The highest BCUT2D eigenvalue weighted by atomic mass is 127. The van der Waals surface area contributed by atoms with Crippen LogP contribution in [0.15, 0.2) is 18.2 Å². The molecule has 98 valence electrons. The minimum absolute atomic E-state index is 0.0722. The molecule has 1 amide bonds. The predicted molar refractivity (Wildman–Crippen MR) is 76.9 cm³/mol. The van der Waals surface area contributed by atoms with Crippen LogP contribution in [0.25, 0.3) is 0 Å². The number of carbonyl (C=O) groups excluding carboxylic acids is 1. The van der Waals surface area contributed by atoms with Gasteiger partial charge < -0.3 is 14.7 Å². The van der Waals surface area contributed by atoms with Crippen LogP contribution in [0.1, 0.15) is 10.4 Å². The second-order valence-electron chi connectivity index (χ2n) is 4.06. The molecule has 1 aromatic rings. The van der Waals surface area contributed by atoms with Gasteiger partial charge in [-0.05, 0) is 40.8 Å². The number of aliphatic hydroxyl groups is 1. The van der Waals surface area contributed by atoms with Crippen LogP contribution in [0, 0.1) is 3.57 Å². The van der Waals surface area contributed by atoms with E-state index in [0.29, 0.717) is 30.3 Å². The summed E-state index contributed by atoms with van der Waals surface area (Å²) in [6.45, 7) is 1.34. The van der Waals surface area contributed by atoms with E-state index < -0.39 is 0 Å². The average molecular weight is 382 g/mol. The number of aliphatic hydroxyl groups excluding tert-OH is 1. The van der Waals surface area contributed by atoms with E-state index in [1.54, 1.807) is 17.0 Å². The Kier molecular flexibility index (Phi) is 4.83. The van der Waals surface area contributed by atoms with Crippen molar-refractivity contribution >= 4 is 40.1 Å². The van der Waals surface area contributed by atoms with Gasteiger partial charge >= 0.3 is 0 Å². The second kappa shape index (κ2) is 6.18. The van der Waals surface area contributed by atoms with E-state index in [0.717, 1.165) is 3.57 Å². The molecule has 0 radical (unpaired) electrons. The lowest BCUT2D eigenvalue weighted by Crippen LogP contribution is -2.46. The van der Waals surface area contributed by atoms with Gasteiger partial charge in [-0.25, -0.2) is 0 Å². The molecule has 1 aromatic carbocycles. The number of hydrogen-bond donors (Lipinski definition) is 1. The number of morpholine rings is 1. The van der Waals surface area contributed by atoms with Gasteiger partial charge in [0, 0.05) is 22.2 Å². The molecule has 1 N–H and O–H groups in total. The summed E-state index contributed by atoms with van der Waals surface area (Å²) in [4.78, 5) is 13.9. The maximum absolute atomic E-state index is 12.3. The summed E-state index contributed by atoms with van der Waals surface area (Å²) in [6, 6.07) is 5.26. The van der Waals surface area contributed by atoms with Gasteiger partial charge in [-0.1, -0.05) is 11.6 Å². The van der Waals surface area contributed by atoms with Crippen LogP contribution in [-0.4, -0.2) is 48.3 Å². The minimum atomic E-state index is -0.290. The summed E-state index contributed by atoms with van der Waals surface area (Å²) >= 11 is 8.13. The highest BCUT2D eigenvalue weighted by Gasteiger charge is 2.24. The number of halogens is 2. The van der Waals surface area contributed by atoms with Gasteiger partial charge in [-0.2, -0.15) is 0 Å². The number of carbonyl (C=O) groups is 1. The van der Waals surface area contributed by atoms with Gasteiger partial charge in [0.25, 0.3) is 5.91 Å². The minimum Gasteiger partial charge on any atom is -0.394 e. The maximum Gasteiger partial charge on any atom is 0.254 e. The Balaban J connectivity index is 2.12. The second-order valence-corrected chi connectivity index (χ2v) is 5.62. The van der Waals surface area contributed by atoms with Gasteiger partial charge in [0.1, 0.15) is 0 Å². The van der Waals surface area contributed by atoms with E-state index in [1.807, 2.05) is 6.07 Å². The first-order valence-corrected chi connectivity index (χ1v) is 7.04. The molecule has 0 aliphatic carbocycles. The number of hydrogen-bond acceptors (Lipinski definition) is 3. The quantitative estimate of drug-likeness (QED) is 0.795. The summed E-state index contributed by atoms with van der Waals surface area (Å²) < 4.78 is 6.23. The first-order chi connectivity index (χ1) is 8.61. The SMILES string of the molecule is O=C(c1ccc(I)c(Cl)c1)N1CCOC(CO)C1. The van der Waals surface area contributed by atoms with Crippen molar-refractivity contribution in [3.05, 3.63) is 32.4 Å². The Morgan fingerprint density at radius 1 is 1.61 bits per heavy atom. The van der Waals surface area contributed by atoms with Crippen LogP contribution in [0.2, 0.25) is 5.02 Å². The van der Waals surface area contributed by atoms with E-state index in [4.69, 9.17) is 21.4 Å². The summed E-state index contributed by atoms with van der Waals surface area (Å²) in [5.74, 6) is -0.0740. The normalized spacial score (nSPS) is 19.9. The molecule has 1 aliphatic heterocycles. The van der Waals surface area contributed by atoms with Crippen LogP contribution in [0.4, 0.5) is 0 Å². The molecule has 6 heteroatoms. The number of benzene rings is 1. The molecular formula is C12H13ClINO3. The smallest absolute Gasteiger partial charge is 0.254 e. The molecule has 1 heterocycles. The molecule has 0 spiro atoms. The fourth-order valence-corrected chi connectivity index (χ4v) is 2.34. The molecule has 4 nitrogen and oxygen atoms in total. The van der Waals surface area contributed by atoms with Gasteiger partial charge in [-0.15, -0.1) is 0 Å². The summed E-state index contributed by atoms with van der Waals surface area (Å²) in [7, 11) is 0. The zero-order valence-electron chi connectivity index (χ0n) is 9.60. The molecule has 2 rings (SSSR count). The van der Waals surface area contributed by atoms with Crippen molar-refractivity contribution in [3.63, 3.8) is 0 Å². The molecule has 1 saturated heterocycles. The lowest BCUT2D eigenvalue weighted by molar-refractivity contribution is -0.0447. The van der Waals surface area contributed by atoms with Crippen molar-refractivity contribution in [2.75, 3.05) is 26.3 Å². The average Bonchev–Trinajstić information content (AvgIpc) is 2.41. The zero-order chi connectivity index (χ0) is 13.1. The molecule has 1 atom stereocenters. The molecule has 1 unspecified atom stereocenters. The van der Waals surface area contributed by atoms with Crippen LogP contribution in [0.3, 0.4) is 0 Å². The topological polar surface area (TPSA) is 49.8 Å². The fraction of sp³-hybridized carbons (Fsp3) is 0.417. The van der Waals surface area contributed by atoms with Crippen LogP contribution in [0.5, 0.6) is 0 Å². The van der Waals surface area contributed by atoms with Gasteiger partial charge in [-0.3, -0.25) is 4.79 Å². The first kappa shape index (κ1) is 14.0. The number of amides is 1. The molecule has 1 aliphatic rings. The van der Waals surface area contributed by atoms with E-state index >= 15 is 0 Å². The molecule has 1 fully saturated rings. The molecule has 0 bridgehead atoms. The van der Waals surface area contributed by atoms with Crippen LogP contribution < -0.4 is 0 Å². The van der Waals surface area contributed by atoms with Gasteiger partial charge in [0.15, 0.2) is 0 Å². The Morgan fingerprint density at radius 2 is 2.39 bits per heavy atom. The fourth-order valence-electron chi connectivity index (χ4n) is 1.83. The highest BCUT2D eigenvalue weighted by Crippen LogP contribution is 2.21. The third-order valence-corrected chi connectivity index (χ3v) is 4.37. The van der Waals surface area contributed by atoms with Crippen molar-refractivity contribution in [3.8, 4) is 0 Å². The predicted octanol–water partition coefficient (Wildman–Crippen LogP) is 1.78. The summed E-state index contributed by atoms with van der Waals surface area (Å²) in [6.07, 6.45) is -0.290. The molecule has 18 heavy (non-hydrogen) atoms. The van der Waals surface area contributed by atoms with Crippen molar-refractivity contribution in [1.29, 1.82) is 0 Å².